The second-order valence-electron chi connectivity index (χ2n) is 11.0. The van der Waals surface area contributed by atoms with Crippen LogP contribution in [0.3, 0.4) is 0 Å². The van der Waals surface area contributed by atoms with Crippen molar-refractivity contribution in [3.8, 4) is 5.75 Å². The Bertz CT molecular complexity index is 1510. The maximum absolute atomic E-state index is 14.2. The Hall–Kier alpha value is -3.27. The number of carbonyl (C=O) groups excluding carboxylic acids is 2. The number of nitrogens with one attached hydrogen (secondary N) is 1. The molecule has 0 heterocycles. The molecular weight excluding hydrogens is 597 g/mol. The van der Waals surface area contributed by atoms with Gasteiger partial charge < -0.3 is 15.0 Å². The minimum absolute atomic E-state index is 0.00905. The van der Waals surface area contributed by atoms with E-state index in [1.165, 1.54) is 24.1 Å². The molecule has 8 nitrogen and oxygen atoms in total. The number of benzene rings is 3. The molecule has 0 fully saturated rings. The van der Waals surface area contributed by atoms with Gasteiger partial charge in [0.15, 0.2) is 0 Å². The zero-order valence-electron chi connectivity index (χ0n) is 24.6. The molecule has 0 aromatic heterocycles. The summed E-state index contributed by atoms with van der Waals surface area (Å²) in [6.07, 6.45) is 0.296. The topological polar surface area (TPSA) is 96.0 Å². The third-order valence-electron chi connectivity index (χ3n) is 6.47. The van der Waals surface area contributed by atoms with Crippen LogP contribution in [0, 0.1) is 6.92 Å². The van der Waals surface area contributed by atoms with Gasteiger partial charge in [-0.3, -0.25) is 13.9 Å². The Labute approximate surface area is 258 Å². The molecule has 0 aliphatic heterocycles. The lowest BCUT2D eigenvalue weighted by atomic mass is 10.1. The Morgan fingerprint density at radius 3 is 2.10 bits per heavy atom. The third-order valence-corrected chi connectivity index (χ3v) is 9.00. The van der Waals surface area contributed by atoms with Crippen molar-refractivity contribution in [3.63, 3.8) is 0 Å². The van der Waals surface area contributed by atoms with Gasteiger partial charge in [-0.1, -0.05) is 53.9 Å². The van der Waals surface area contributed by atoms with Crippen molar-refractivity contribution in [1.29, 1.82) is 0 Å². The standard InChI is InChI=1S/C31H37Cl2N3O5S/c1-7-28(30(38)34-31(3,4)5)35(19-22-10-17-26(32)27(33)18-22)29(37)20-36(23-11-8-21(2)9-12-23)42(39,40)25-15-13-24(41-6)14-16-25/h8-18,28H,7,19-20H2,1-6H3,(H,34,38)/t28-/m0/s1. The number of anilines is 1. The lowest BCUT2D eigenvalue weighted by molar-refractivity contribution is -0.141. The molecule has 1 N–H and O–H groups in total. The number of sulfonamides is 1. The highest BCUT2D eigenvalue weighted by molar-refractivity contribution is 7.92. The van der Waals surface area contributed by atoms with E-state index in [9.17, 15) is 18.0 Å². The van der Waals surface area contributed by atoms with E-state index >= 15 is 0 Å². The number of amides is 2. The van der Waals surface area contributed by atoms with Crippen molar-refractivity contribution in [2.75, 3.05) is 18.0 Å². The molecule has 3 aromatic rings. The SMILES string of the molecule is CC[C@@H](C(=O)NC(C)(C)C)N(Cc1ccc(Cl)c(Cl)c1)C(=O)CN(c1ccc(C)cc1)S(=O)(=O)c1ccc(OC)cc1. The molecule has 3 aromatic carbocycles. The number of hydrogen-bond donors (Lipinski definition) is 1. The van der Waals surface area contributed by atoms with Crippen molar-refractivity contribution < 1.29 is 22.7 Å². The smallest absolute Gasteiger partial charge is 0.264 e. The van der Waals surface area contributed by atoms with Crippen LogP contribution in [-0.4, -0.2) is 50.4 Å². The molecule has 42 heavy (non-hydrogen) atoms. The maximum Gasteiger partial charge on any atom is 0.264 e. The van der Waals surface area contributed by atoms with Crippen LogP contribution in [0.15, 0.2) is 71.6 Å². The molecule has 0 saturated carbocycles. The van der Waals surface area contributed by atoms with E-state index in [4.69, 9.17) is 27.9 Å². The molecule has 0 unspecified atom stereocenters. The minimum atomic E-state index is -4.20. The molecule has 1 atom stereocenters. The summed E-state index contributed by atoms with van der Waals surface area (Å²) in [7, 11) is -2.71. The van der Waals surface area contributed by atoms with Gasteiger partial charge in [0.25, 0.3) is 10.0 Å². The van der Waals surface area contributed by atoms with Crippen molar-refractivity contribution in [1.82, 2.24) is 10.2 Å². The lowest BCUT2D eigenvalue weighted by Gasteiger charge is -2.34. The number of methoxy groups -OCH3 is 1. The van der Waals surface area contributed by atoms with Gasteiger partial charge in [-0.25, -0.2) is 8.42 Å². The van der Waals surface area contributed by atoms with E-state index in [2.05, 4.69) is 5.32 Å². The van der Waals surface area contributed by atoms with Crippen molar-refractivity contribution >= 4 is 50.7 Å². The Morgan fingerprint density at radius 2 is 1.57 bits per heavy atom. The summed E-state index contributed by atoms with van der Waals surface area (Å²) < 4.78 is 34.2. The summed E-state index contributed by atoms with van der Waals surface area (Å²) in [5.41, 5.74) is 1.33. The molecule has 0 aliphatic rings. The maximum atomic E-state index is 14.2. The molecule has 3 rings (SSSR count). The van der Waals surface area contributed by atoms with Crippen molar-refractivity contribution in [3.05, 3.63) is 87.9 Å². The predicted molar refractivity (Wildman–Crippen MR) is 168 cm³/mol. The number of hydrogen-bond acceptors (Lipinski definition) is 5. The Balaban J connectivity index is 2.08. The van der Waals surface area contributed by atoms with Crippen LogP contribution >= 0.6 is 23.2 Å². The summed E-state index contributed by atoms with van der Waals surface area (Å²) in [6, 6.07) is 16.9. The van der Waals surface area contributed by atoms with Gasteiger partial charge in [-0.15, -0.1) is 0 Å². The van der Waals surface area contributed by atoms with Crippen LogP contribution in [-0.2, 0) is 26.2 Å². The van der Waals surface area contributed by atoms with Crippen molar-refractivity contribution in [2.24, 2.45) is 0 Å². The summed E-state index contributed by atoms with van der Waals surface area (Å²) in [5, 5.41) is 3.60. The molecule has 0 radical (unpaired) electrons. The van der Waals surface area contributed by atoms with Crippen LogP contribution in [0.5, 0.6) is 5.75 Å². The first kappa shape index (κ1) is 33.2. The van der Waals surface area contributed by atoms with E-state index in [0.717, 1.165) is 9.87 Å². The zero-order valence-corrected chi connectivity index (χ0v) is 27.0. The summed E-state index contributed by atoms with van der Waals surface area (Å²) in [4.78, 5) is 29.0. The first-order valence-electron chi connectivity index (χ1n) is 13.4. The first-order valence-corrected chi connectivity index (χ1v) is 15.6. The van der Waals surface area contributed by atoms with Gasteiger partial charge in [0.1, 0.15) is 18.3 Å². The molecule has 226 valence electrons. The monoisotopic (exact) mass is 633 g/mol. The van der Waals surface area contributed by atoms with Gasteiger partial charge in [0.2, 0.25) is 11.8 Å². The van der Waals surface area contributed by atoms with E-state index in [0.29, 0.717) is 33.5 Å². The molecular formula is C31H37Cl2N3O5S. The molecule has 2 amide bonds. The van der Waals surface area contributed by atoms with Gasteiger partial charge in [0, 0.05) is 12.1 Å². The highest BCUT2D eigenvalue weighted by Gasteiger charge is 2.34. The highest BCUT2D eigenvalue weighted by Crippen LogP contribution is 2.28. The third kappa shape index (κ3) is 8.40. The zero-order chi connectivity index (χ0) is 31.2. The molecule has 0 saturated heterocycles. The second kappa shape index (κ2) is 13.8. The summed E-state index contributed by atoms with van der Waals surface area (Å²) in [6.45, 7) is 8.70. The van der Waals surface area contributed by atoms with Gasteiger partial charge >= 0.3 is 0 Å². The molecule has 0 bridgehead atoms. The van der Waals surface area contributed by atoms with Crippen LogP contribution in [0.4, 0.5) is 5.69 Å². The molecule has 0 spiro atoms. The predicted octanol–water partition coefficient (Wildman–Crippen LogP) is 6.23. The average Bonchev–Trinajstić information content (AvgIpc) is 2.93. The van der Waals surface area contributed by atoms with E-state index in [1.54, 1.807) is 61.5 Å². The Morgan fingerprint density at radius 1 is 0.952 bits per heavy atom. The minimum Gasteiger partial charge on any atom is -0.497 e. The number of aryl methyl sites for hydroxylation is 1. The first-order chi connectivity index (χ1) is 19.7. The second-order valence-corrected chi connectivity index (χ2v) is 13.6. The van der Waals surface area contributed by atoms with E-state index in [-0.39, 0.29) is 17.3 Å². The quantitative estimate of drug-likeness (QED) is 0.270. The average molecular weight is 635 g/mol. The van der Waals surface area contributed by atoms with Crippen LogP contribution in [0.2, 0.25) is 10.0 Å². The van der Waals surface area contributed by atoms with Crippen LogP contribution in [0.25, 0.3) is 0 Å². The number of rotatable bonds is 11. The van der Waals surface area contributed by atoms with Gasteiger partial charge in [0.05, 0.1) is 27.7 Å². The number of carbonyl (C=O) groups is 2. The number of halogens is 2. The number of nitrogens with zero attached hydrogens (tertiary/aromatic N) is 2. The summed E-state index contributed by atoms with van der Waals surface area (Å²) >= 11 is 12.4. The van der Waals surface area contributed by atoms with Gasteiger partial charge in [-0.2, -0.15) is 0 Å². The fraction of sp³-hybridized carbons (Fsp3) is 0.355. The fourth-order valence-corrected chi connectivity index (χ4v) is 6.06. The normalized spacial score (nSPS) is 12.4. The molecule has 0 aliphatic carbocycles. The van der Waals surface area contributed by atoms with Crippen LogP contribution in [0.1, 0.15) is 45.2 Å². The van der Waals surface area contributed by atoms with Crippen molar-refractivity contribution in [2.45, 2.75) is 64.1 Å². The number of ether oxygens (including phenoxy) is 1. The van der Waals surface area contributed by atoms with E-state index in [1.807, 2.05) is 27.7 Å². The van der Waals surface area contributed by atoms with E-state index < -0.39 is 34.1 Å². The Kier molecular flexibility index (Phi) is 10.9. The summed E-state index contributed by atoms with van der Waals surface area (Å²) in [5.74, 6) is -0.414. The highest BCUT2D eigenvalue weighted by atomic mass is 35.5. The van der Waals surface area contributed by atoms with Gasteiger partial charge in [-0.05, 0) is 88.2 Å². The van der Waals surface area contributed by atoms with Crippen LogP contribution < -0.4 is 14.4 Å². The molecule has 11 heteroatoms. The lowest BCUT2D eigenvalue weighted by Crippen LogP contribution is -2.55. The fourth-order valence-electron chi connectivity index (χ4n) is 4.32. The largest absolute Gasteiger partial charge is 0.497 e.